The van der Waals surface area contributed by atoms with Crippen molar-refractivity contribution in [1.29, 1.82) is 0 Å². The Morgan fingerprint density at radius 3 is 2.40 bits per heavy atom. The molecule has 0 atom stereocenters. The van der Waals surface area contributed by atoms with E-state index in [0.29, 0.717) is 27.4 Å². The SMILES string of the molecule is Cc1cc(C(=O)Nc2ccc(Cl)c(Cl)c2)nc(Nc2ccccc2)n1. The molecule has 0 spiro atoms. The highest BCUT2D eigenvalue weighted by Crippen LogP contribution is 2.25. The number of benzene rings is 2. The van der Waals surface area contributed by atoms with Gasteiger partial charge < -0.3 is 10.6 Å². The summed E-state index contributed by atoms with van der Waals surface area (Å²) in [4.78, 5) is 21.0. The fourth-order valence-electron chi connectivity index (χ4n) is 2.16. The molecular weight excluding hydrogens is 359 g/mol. The van der Waals surface area contributed by atoms with Crippen LogP contribution in [0.3, 0.4) is 0 Å². The highest BCUT2D eigenvalue weighted by molar-refractivity contribution is 6.42. The normalized spacial score (nSPS) is 10.4. The lowest BCUT2D eigenvalue weighted by molar-refractivity contribution is 0.102. The lowest BCUT2D eigenvalue weighted by Gasteiger charge is -2.09. The molecule has 0 aliphatic rings. The zero-order valence-corrected chi connectivity index (χ0v) is 14.8. The molecule has 5 nitrogen and oxygen atoms in total. The van der Waals surface area contributed by atoms with Gasteiger partial charge in [0.15, 0.2) is 0 Å². The molecule has 3 aromatic rings. The minimum atomic E-state index is -0.361. The highest BCUT2D eigenvalue weighted by Gasteiger charge is 2.12. The van der Waals surface area contributed by atoms with Crippen LogP contribution in [-0.4, -0.2) is 15.9 Å². The van der Waals surface area contributed by atoms with Crippen LogP contribution in [0.25, 0.3) is 0 Å². The van der Waals surface area contributed by atoms with Crippen molar-refractivity contribution < 1.29 is 4.79 Å². The molecule has 0 bridgehead atoms. The number of halogens is 2. The predicted molar refractivity (Wildman–Crippen MR) is 101 cm³/mol. The van der Waals surface area contributed by atoms with Crippen LogP contribution in [0.15, 0.2) is 54.6 Å². The van der Waals surface area contributed by atoms with Crippen LogP contribution in [0.4, 0.5) is 17.3 Å². The molecule has 1 aromatic heterocycles. The number of carbonyl (C=O) groups excluding carboxylic acids is 1. The van der Waals surface area contributed by atoms with Crippen LogP contribution in [0.1, 0.15) is 16.2 Å². The quantitative estimate of drug-likeness (QED) is 0.669. The molecule has 3 rings (SSSR count). The van der Waals surface area contributed by atoms with E-state index < -0.39 is 0 Å². The van der Waals surface area contributed by atoms with Crippen LogP contribution >= 0.6 is 23.2 Å². The number of nitrogens with one attached hydrogen (secondary N) is 2. The Balaban J connectivity index is 1.81. The smallest absolute Gasteiger partial charge is 0.274 e. The Hall–Kier alpha value is -2.63. The number of aromatic nitrogens is 2. The molecule has 0 aliphatic carbocycles. The van der Waals surface area contributed by atoms with Crippen LogP contribution in [-0.2, 0) is 0 Å². The summed E-state index contributed by atoms with van der Waals surface area (Å²) in [5.41, 5.74) is 2.29. The summed E-state index contributed by atoms with van der Waals surface area (Å²) in [5, 5.41) is 6.61. The van der Waals surface area contributed by atoms with Crippen LogP contribution in [0.5, 0.6) is 0 Å². The van der Waals surface area contributed by atoms with Crippen LogP contribution in [0, 0.1) is 6.92 Å². The van der Waals surface area contributed by atoms with Gasteiger partial charge in [0.1, 0.15) is 5.69 Å². The summed E-state index contributed by atoms with van der Waals surface area (Å²) in [7, 11) is 0. The third-order valence-electron chi connectivity index (χ3n) is 3.29. The maximum atomic E-state index is 12.5. The number of anilines is 3. The maximum absolute atomic E-state index is 12.5. The lowest BCUT2D eigenvalue weighted by Crippen LogP contribution is -2.15. The molecule has 25 heavy (non-hydrogen) atoms. The van der Waals surface area contributed by atoms with Gasteiger partial charge in [-0.15, -0.1) is 0 Å². The summed E-state index contributed by atoms with van der Waals surface area (Å²) >= 11 is 11.8. The average Bonchev–Trinajstić information content (AvgIpc) is 2.58. The van der Waals surface area contributed by atoms with Crippen molar-refractivity contribution in [3.8, 4) is 0 Å². The van der Waals surface area contributed by atoms with E-state index in [0.717, 1.165) is 5.69 Å². The number of aryl methyl sites for hydroxylation is 1. The second-order valence-electron chi connectivity index (χ2n) is 5.29. The van der Waals surface area contributed by atoms with Crippen molar-refractivity contribution in [3.63, 3.8) is 0 Å². The molecule has 0 saturated heterocycles. The zero-order chi connectivity index (χ0) is 17.8. The van der Waals surface area contributed by atoms with Gasteiger partial charge in [0.25, 0.3) is 5.91 Å². The zero-order valence-electron chi connectivity index (χ0n) is 13.3. The number of carbonyl (C=O) groups is 1. The number of para-hydroxylation sites is 1. The molecule has 0 fully saturated rings. The molecule has 7 heteroatoms. The van der Waals surface area contributed by atoms with Gasteiger partial charge in [-0.1, -0.05) is 41.4 Å². The standard InChI is InChI=1S/C18H14Cl2N4O/c1-11-9-16(17(25)22-13-7-8-14(19)15(20)10-13)24-18(21-11)23-12-5-3-2-4-6-12/h2-10H,1H3,(H,22,25)(H,21,23,24). The van der Waals surface area contributed by atoms with Crippen molar-refractivity contribution >= 4 is 46.4 Å². The lowest BCUT2D eigenvalue weighted by atomic mass is 10.3. The molecule has 0 saturated carbocycles. The molecule has 1 amide bonds. The van der Waals surface area contributed by atoms with Crippen molar-refractivity contribution in [2.45, 2.75) is 6.92 Å². The first-order chi connectivity index (χ1) is 12.0. The highest BCUT2D eigenvalue weighted by atomic mass is 35.5. The Morgan fingerprint density at radius 2 is 1.68 bits per heavy atom. The van der Waals surface area contributed by atoms with E-state index in [2.05, 4.69) is 20.6 Å². The Kier molecular flexibility index (Phi) is 5.16. The van der Waals surface area contributed by atoms with E-state index in [1.165, 1.54) is 0 Å². The summed E-state index contributed by atoms with van der Waals surface area (Å²) in [5.74, 6) is -0.00881. The van der Waals surface area contributed by atoms with Gasteiger partial charge in [-0.25, -0.2) is 9.97 Å². The Bertz CT molecular complexity index is 916. The number of hydrogen-bond acceptors (Lipinski definition) is 4. The first-order valence-corrected chi connectivity index (χ1v) is 8.21. The fourth-order valence-corrected chi connectivity index (χ4v) is 2.46. The van der Waals surface area contributed by atoms with E-state index in [1.54, 1.807) is 31.2 Å². The van der Waals surface area contributed by atoms with Crippen LogP contribution in [0.2, 0.25) is 10.0 Å². The summed E-state index contributed by atoms with van der Waals surface area (Å²) in [6.07, 6.45) is 0. The fraction of sp³-hybridized carbons (Fsp3) is 0.0556. The Morgan fingerprint density at radius 1 is 0.920 bits per heavy atom. The first-order valence-electron chi connectivity index (χ1n) is 7.45. The molecule has 2 aromatic carbocycles. The van der Waals surface area contributed by atoms with Gasteiger partial charge in [-0.05, 0) is 43.3 Å². The van der Waals surface area contributed by atoms with E-state index in [9.17, 15) is 4.79 Å². The molecule has 2 N–H and O–H groups in total. The summed E-state index contributed by atoms with van der Waals surface area (Å²) in [6, 6.07) is 16.0. The maximum Gasteiger partial charge on any atom is 0.274 e. The molecular formula is C18H14Cl2N4O. The third-order valence-corrected chi connectivity index (χ3v) is 4.03. The van der Waals surface area contributed by atoms with E-state index in [4.69, 9.17) is 23.2 Å². The largest absolute Gasteiger partial charge is 0.324 e. The number of hydrogen-bond donors (Lipinski definition) is 2. The molecule has 0 aliphatic heterocycles. The minimum Gasteiger partial charge on any atom is -0.324 e. The van der Waals surface area contributed by atoms with Crippen molar-refractivity contribution in [2.75, 3.05) is 10.6 Å². The summed E-state index contributed by atoms with van der Waals surface area (Å²) < 4.78 is 0. The van der Waals surface area contributed by atoms with E-state index >= 15 is 0 Å². The molecule has 0 radical (unpaired) electrons. The van der Waals surface area contributed by atoms with Gasteiger partial charge in [-0.2, -0.15) is 0 Å². The molecule has 1 heterocycles. The average molecular weight is 373 g/mol. The number of nitrogens with zero attached hydrogens (tertiary/aromatic N) is 2. The van der Waals surface area contributed by atoms with Gasteiger partial charge in [-0.3, -0.25) is 4.79 Å². The van der Waals surface area contributed by atoms with Gasteiger partial charge in [0, 0.05) is 17.1 Å². The monoisotopic (exact) mass is 372 g/mol. The number of amides is 1. The molecule has 126 valence electrons. The number of rotatable bonds is 4. The van der Waals surface area contributed by atoms with Crippen molar-refractivity contribution in [2.24, 2.45) is 0 Å². The minimum absolute atomic E-state index is 0.247. The molecule has 0 unspecified atom stereocenters. The second kappa shape index (κ2) is 7.51. The van der Waals surface area contributed by atoms with Crippen molar-refractivity contribution in [3.05, 3.63) is 76.0 Å². The van der Waals surface area contributed by atoms with Crippen LogP contribution < -0.4 is 10.6 Å². The predicted octanol–water partition coefficient (Wildman–Crippen LogP) is 5.09. The van der Waals surface area contributed by atoms with Gasteiger partial charge >= 0.3 is 0 Å². The topological polar surface area (TPSA) is 66.9 Å². The van der Waals surface area contributed by atoms with E-state index in [-0.39, 0.29) is 11.6 Å². The van der Waals surface area contributed by atoms with E-state index in [1.807, 2.05) is 30.3 Å². The third kappa shape index (κ3) is 4.47. The van der Waals surface area contributed by atoms with Crippen molar-refractivity contribution in [1.82, 2.24) is 9.97 Å². The summed E-state index contributed by atoms with van der Waals surface area (Å²) in [6.45, 7) is 1.80. The first kappa shape index (κ1) is 17.2. The van der Waals surface area contributed by atoms with Gasteiger partial charge in [0.2, 0.25) is 5.95 Å². The Labute approximate surface area is 155 Å². The van der Waals surface area contributed by atoms with Gasteiger partial charge in [0.05, 0.1) is 10.0 Å². The second-order valence-corrected chi connectivity index (χ2v) is 6.11.